The van der Waals surface area contributed by atoms with E-state index in [0.717, 1.165) is 30.8 Å². The molecule has 1 aliphatic rings. The van der Waals surface area contributed by atoms with Crippen LogP contribution in [-0.2, 0) is 4.79 Å². The van der Waals surface area contributed by atoms with E-state index in [0.29, 0.717) is 23.4 Å². The molecule has 1 atom stereocenters. The first-order valence-electron chi connectivity index (χ1n) is 10.1. The molecule has 0 saturated carbocycles. The molecular formula is C23H31N3O2. The summed E-state index contributed by atoms with van der Waals surface area (Å²) in [6.45, 7) is 7.48. The van der Waals surface area contributed by atoms with Gasteiger partial charge in [-0.05, 0) is 68.0 Å². The van der Waals surface area contributed by atoms with Crippen LogP contribution in [-0.4, -0.2) is 25.1 Å². The maximum absolute atomic E-state index is 12.5. The minimum absolute atomic E-state index is 0.0369. The van der Waals surface area contributed by atoms with E-state index in [1.165, 1.54) is 12.0 Å². The lowest BCUT2D eigenvalue weighted by atomic mass is 10.0. The van der Waals surface area contributed by atoms with Gasteiger partial charge in [-0.1, -0.05) is 26.0 Å². The van der Waals surface area contributed by atoms with Crippen LogP contribution in [0, 0.1) is 0 Å². The van der Waals surface area contributed by atoms with Crippen LogP contribution in [0.4, 0.5) is 17.1 Å². The monoisotopic (exact) mass is 381 g/mol. The van der Waals surface area contributed by atoms with Crippen molar-refractivity contribution in [3.63, 3.8) is 0 Å². The van der Waals surface area contributed by atoms with Gasteiger partial charge in [0.15, 0.2) is 6.61 Å². The van der Waals surface area contributed by atoms with Crippen molar-refractivity contribution >= 4 is 23.0 Å². The van der Waals surface area contributed by atoms with Gasteiger partial charge in [0, 0.05) is 18.3 Å². The normalized spacial score (nSPS) is 16.9. The number of ether oxygens (including phenoxy) is 1. The van der Waals surface area contributed by atoms with Gasteiger partial charge in [0.2, 0.25) is 0 Å². The van der Waals surface area contributed by atoms with E-state index >= 15 is 0 Å². The number of nitrogens with one attached hydrogen (secondary N) is 1. The number of piperidine rings is 1. The number of hydrogen-bond acceptors (Lipinski definition) is 4. The van der Waals surface area contributed by atoms with Crippen LogP contribution >= 0.6 is 0 Å². The Morgan fingerprint density at radius 3 is 2.64 bits per heavy atom. The highest BCUT2D eigenvalue weighted by Gasteiger charge is 2.21. The SMILES string of the molecule is CC(C)c1ccc(OCC(=O)Nc2cc(N)ccc2N2CCCC[C@@H]2C)cc1. The molecular weight excluding hydrogens is 350 g/mol. The molecule has 3 rings (SSSR count). The smallest absolute Gasteiger partial charge is 0.262 e. The van der Waals surface area contributed by atoms with Crippen LogP contribution in [0.5, 0.6) is 5.75 Å². The molecule has 150 valence electrons. The van der Waals surface area contributed by atoms with E-state index in [1.54, 1.807) is 0 Å². The summed E-state index contributed by atoms with van der Waals surface area (Å²) in [6.07, 6.45) is 3.57. The first-order chi connectivity index (χ1) is 13.4. The van der Waals surface area contributed by atoms with E-state index in [4.69, 9.17) is 10.5 Å². The van der Waals surface area contributed by atoms with E-state index in [2.05, 4.69) is 31.0 Å². The second-order valence-corrected chi connectivity index (χ2v) is 7.88. The predicted molar refractivity (Wildman–Crippen MR) is 116 cm³/mol. The van der Waals surface area contributed by atoms with E-state index in [1.807, 2.05) is 42.5 Å². The van der Waals surface area contributed by atoms with Crippen LogP contribution in [0.15, 0.2) is 42.5 Å². The lowest BCUT2D eigenvalue weighted by molar-refractivity contribution is -0.118. The largest absolute Gasteiger partial charge is 0.484 e. The van der Waals surface area contributed by atoms with Crippen molar-refractivity contribution < 1.29 is 9.53 Å². The third kappa shape index (κ3) is 4.97. The number of nitrogen functional groups attached to an aromatic ring is 1. The van der Waals surface area contributed by atoms with Gasteiger partial charge < -0.3 is 20.7 Å². The highest BCUT2D eigenvalue weighted by molar-refractivity contribution is 5.96. The number of hydrogen-bond donors (Lipinski definition) is 2. The Hall–Kier alpha value is -2.69. The van der Waals surface area contributed by atoms with E-state index in [9.17, 15) is 4.79 Å². The zero-order valence-electron chi connectivity index (χ0n) is 17.1. The third-order valence-electron chi connectivity index (χ3n) is 5.32. The van der Waals surface area contributed by atoms with Gasteiger partial charge in [-0.15, -0.1) is 0 Å². The fourth-order valence-corrected chi connectivity index (χ4v) is 3.64. The minimum atomic E-state index is -0.190. The Kier molecular flexibility index (Phi) is 6.45. The average Bonchev–Trinajstić information content (AvgIpc) is 2.68. The molecule has 3 N–H and O–H groups in total. The van der Waals surface area contributed by atoms with Gasteiger partial charge in [-0.25, -0.2) is 0 Å². The third-order valence-corrected chi connectivity index (χ3v) is 5.32. The molecule has 0 aliphatic carbocycles. The molecule has 0 unspecified atom stereocenters. The van der Waals surface area contributed by atoms with Gasteiger partial charge in [0.05, 0.1) is 11.4 Å². The molecule has 0 aromatic heterocycles. The second kappa shape index (κ2) is 9.00. The first kappa shape index (κ1) is 20.1. The van der Waals surface area contributed by atoms with Crippen molar-refractivity contribution in [1.82, 2.24) is 0 Å². The molecule has 0 spiro atoms. The topological polar surface area (TPSA) is 67.6 Å². The van der Waals surface area contributed by atoms with Crippen molar-refractivity contribution in [2.45, 2.75) is 52.0 Å². The standard InChI is InChI=1S/C23H31N3O2/c1-16(2)18-7-10-20(11-8-18)28-15-23(27)25-21-14-19(24)9-12-22(21)26-13-5-4-6-17(26)3/h7-12,14,16-17H,4-6,13,15,24H2,1-3H3,(H,25,27)/t17-/m0/s1. The molecule has 5 heteroatoms. The summed E-state index contributed by atoms with van der Waals surface area (Å²) >= 11 is 0. The van der Waals surface area contributed by atoms with Gasteiger partial charge in [0.25, 0.3) is 5.91 Å². The van der Waals surface area contributed by atoms with Gasteiger partial charge >= 0.3 is 0 Å². The summed E-state index contributed by atoms with van der Waals surface area (Å²) in [6, 6.07) is 14.0. The molecule has 28 heavy (non-hydrogen) atoms. The highest BCUT2D eigenvalue weighted by Crippen LogP contribution is 2.33. The van der Waals surface area contributed by atoms with Gasteiger partial charge in [-0.3, -0.25) is 4.79 Å². The Labute approximate surface area is 167 Å². The zero-order chi connectivity index (χ0) is 20.1. The lowest BCUT2D eigenvalue weighted by Gasteiger charge is -2.36. The molecule has 1 amide bonds. The molecule has 1 fully saturated rings. The van der Waals surface area contributed by atoms with Crippen LogP contribution in [0.2, 0.25) is 0 Å². The van der Waals surface area contributed by atoms with E-state index < -0.39 is 0 Å². The van der Waals surface area contributed by atoms with Crippen molar-refractivity contribution in [1.29, 1.82) is 0 Å². The number of carbonyl (C=O) groups is 1. The quantitative estimate of drug-likeness (QED) is 0.706. The molecule has 2 aromatic rings. The molecule has 1 aliphatic heterocycles. The summed E-state index contributed by atoms with van der Waals surface area (Å²) < 4.78 is 5.65. The molecule has 2 aromatic carbocycles. The highest BCUT2D eigenvalue weighted by atomic mass is 16.5. The van der Waals surface area contributed by atoms with E-state index in [-0.39, 0.29) is 12.5 Å². The summed E-state index contributed by atoms with van der Waals surface area (Å²) in [7, 11) is 0. The van der Waals surface area contributed by atoms with Crippen LogP contribution in [0.3, 0.4) is 0 Å². The number of benzene rings is 2. The van der Waals surface area contributed by atoms with Crippen LogP contribution in [0.25, 0.3) is 0 Å². The summed E-state index contributed by atoms with van der Waals surface area (Å²) in [4.78, 5) is 14.8. The summed E-state index contributed by atoms with van der Waals surface area (Å²) in [5, 5.41) is 2.98. The molecule has 1 heterocycles. The Morgan fingerprint density at radius 1 is 1.21 bits per heavy atom. The second-order valence-electron chi connectivity index (χ2n) is 7.88. The summed E-state index contributed by atoms with van der Waals surface area (Å²) in [5.41, 5.74) is 9.62. The maximum atomic E-state index is 12.5. The summed E-state index contributed by atoms with van der Waals surface area (Å²) in [5.74, 6) is 0.970. The first-order valence-corrected chi connectivity index (χ1v) is 10.1. The Balaban J connectivity index is 1.65. The predicted octanol–water partition coefficient (Wildman–Crippen LogP) is 4.79. The Bertz CT molecular complexity index is 802. The number of carbonyl (C=O) groups excluding carboxylic acids is 1. The number of anilines is 3. The van der Waals surface area contributed by atoms with Crippen LogP contribution < -0.4 is 20.7 Å². The average molecular weight is 382 g/mol. The van der Waals surface area contributed by atoms with Gasteiger partial charge in [-0.2, -0.15) is 0 Å². The maximum Gasteiger partial charge on any atom is 0.262 e. The Morgan fingerprint density at radius 2 is 1.96 bits per heavy atom. The molecule has 0 bridgehead atoms. The molecule has 0 radical (unpaired) electrons. The lowest BCUT2D eigenvalue weighted by Crippen LogP contribution is -2.38. The van der Waals surface area contributed by atoms with Crippen molar-refractivity contribution in [2.24, 2.45) is 0 Å². The molecule has 5 nitrogen and oxygen atoms in total. The van der Waals surface area contributed by atoms with Crippen molar-refractivity contribution in [3.05, 3.63) is 48.0 Å². The number of rotatable bonds is 6. The minimum Gasteiger partial charge on any atom is -0.484 e. The zero-order valence-corrected chi connectivity index (χ0v) is 17.1. The molecule has 1 saturated heterocycles. The number of nitrogens with zero attached hydrogens (tertiary/aromatic N) is 1. The van der Waals surface area contributed by atoms with Crippen molar-refractivity contribution in [2.75, 3.05) is 29.1 Å². The number of nitrogens with two attached hydrogens (primary N) is 1. The van der Waals surface area contributed by atoms with Crippen molar-refractivity contribution in [3.8, 4) is 5.75 Å². The number of amides is 1. The fourth-order valence-electron chi connectivity index (χ4n) is 3.64. The fraction of sp³-hybridized carbons (Fsp3) is 0.435. The van der Waals surface area contributed by atoms with Crippen LogP contribution in [0.1, 0.15) is 51.5 Å². The van der Waals surface area contributed by atoms with Gasteiger partial charge in [0.1, 0.15) is 5.75 Å².